The molecule has 1 aromatic rings. The molecule has 0 spiro atoms. The summed E-state index contributed by atoms with van der Waals surface area (Å²) in [5.41, 5.74) is 3.89. The van der Waals surface area contributed by atoms with Crippen molar-refractivity contribution in [2.45, 2.75) is 45.6 Å². The van der Waals surface area contributed by atoms with Gasteiger partial charge in [0.05, 0.1) is 0 Å². The zero-order chi connectivity index (χ0) is 13.1. The smallest absolute Gasteiger partial charge is 0.0373 e. The number of nitrogens with one attached hydrogen (secondary N) is 1. The van der Waals surface area contributed by atoms with Crippen LogP contribution in [0.25, 0.3) is 0 Å². The van der Waals surface area contributed by atoms with Crippen LogP contribution in [-0.4, -0.2) is 20.1 Å². The lowest BCUT2D eigenvalue weighted by Gasteiger charge is -2.29. The molecular weight excluding hydrogens is 220 g/mol. The van der Waals surface area contributed by atoms with Gasteiger partial charge in [-0.1, -0.05) is 19.3 Å². The molecule has 1 aromatic carbocycles. The molecule has 0 bridgehead atoms. The Morgan fingerprint density at radius 1 is 1.33 bits per heavy atom. The number of benzene rings is 1. The fourth-order valence-corrected chi connectivity index (χ4v) is 2.64. The van der Waals surface area contributed by atoms with E-state index >= 15 is 0 Å². The zero-order valence-corrected chi connectivity index (χ0v) is 12.2. The molecule has 2 nitrogen and oxygen atoms in total. The third kappa shape index (κ3) is 3.18. The van der Waals surface area contributed by atoms with Crippen LogP contribution in [0, 0.1) is 12.8 Å². The SMILES string of the molecule is Cc1cc(N(C)C)ccc1NC(C)CC1CCC1. The first-order valence-electron chi connectivity index (χ1n) is 7.11. The summed E-state index contributed by atoms with van der Waals surface area (Å²) >= 11 is 0. The number of aryl methyl sites for hydroxylation is 1. The lowest BCUT2D eigenvalue weighted by Crippen LogP contribution is -2.23. The molecule has 0 radical (unpaired) electrons. The Bertz CT molecular complexity index is 394. The second-order valence-corrected chi connectivity index (χ2v) is 5.97. The molecule has 1 atom stereocenters. The van der Waals surface area contributed by atoms with E-state index in [1.807, 2.05) is 0 Å². The molecule has 1 aliphatic carbocycles. The minimum atomic E-state index is 0.583. The molecular formula is C16H26N2. The quantitative estimate of drug-likeness (QED) is 0.843. The summed E-state index contributed by atoms with van der Waals surface area (Å²) in [5, 5.41) is 3.66. The van der Waals surface area contributed by atoms with Crippen molar-refractivity contribution >= 4 is 11.4 Å². The minimum absolute atomic E-state index is 0.583. The van der Waals surface area contributed by atoms with Crippen LogP contribution in [0.2, 0.25) is 0 Å². The third-order valence-electron chi connectivity index (χ3n) is 4.04. The Hall–Kier alpha value is -1.18. The number of hydrogen-bond acceptors (Lipinski definition) is 2. The summed E-state index contributed by atoms with van der Waals surface area (Å²) in [6, 6.07) is 7.23. The highest BCUT2D eigenvalue weighted by molar-refractivity contribution is 5.60. The Kier molecular flexibility index (Phi) is 4.15. The highest BCUT2D eigenvalue weighted by Gasteiger charge is 2.20. The van der Waals surface area contributed by atoms with E-state index in [2.05, 4.69) is 56.4 Å². The molecule has 0 aliphatic heterocycles. The molecule has 1 N–H and O–H groups in total. The van der Waals surface area contributed by atoms with Crippen LogP contribution in [0.15, 0.2) is 18.2 Å². The molecule has 0 aromatic heterocycles. The topological polar surface area (TPSA) is 15.3 Å². The molecule has 2 rings (SSSR count). The van der Waals surface area contributed by atoms with Gasteiger partial charge in [0.2, 0.25) is 0 Å². The lowest BCUT2D eigenvalue weighted by molar-refractivity contribution is 0.286. The maximum atomic E-state index is 3.66. The second kappa shape index (κ2) is 5.64. The highest BCUT2D eigenvalue weighted by atomic mass is 15.1. The van der Waals surface area contributed by atoms with E-state index in [4.69, 9.17) is 0 Å². The molecule has 0 amide bonds. The van der Waals surface area contributed by atoms with Gasteiger partial charge in [0.25, 0.3) is 0 Å². The van der Waals surface area contributed by atoms with Crippen LogP contribution in [0.3, 0.4) is 0 Å². The van der Waals surface area contributed by atoms with Gasteiger partial charge in [0.1, 0.15) is 0 Å². The van der Waals surface area contributed by atoms with Crippen molar-refractivity contribution in [1.29, 1.82) is 0 Å². The van der Waals surface area contributed by atoms with Crippen molar-refractivity contribution in [3.8, 4) is 0 Å². The molecule has 1 saturated carbocycles. The first-order valence-corrected chi connectivity index (χ1v) is 7.11. The first kappa shape index (κ1) is 13.3. The van der Waals surface area contributed by atoms with Crippen molar-refractivity contribution < 1.29 is 0 Å². The van der Waals surface area contributed by atoms with Gasteiger partial charge in [-0.3, -0.25) is 0 Å². The number of anilines is 2. The van der Waals surface area contributed by atoms with E-state index in [-0.39, 0.29) is 0 Å². The van der Waals surface area contributed by atoms with Gasteiger partial charge in [-0.25, -0.2) is 0 Å². The van der Waals surface area contributed by atoms with Crippen LogP contribution >= 0.6 is 0 Å². The van der Waals surface area contributed by atoms with Crippen LogP contribution in [0.4, 0.5) is 11.4 Å². The molecule has 0 heterocycles. The number of rotatable bonds is 5. The Morgan fingerprint density at radius 2 is 2.06 bits per heavy atom. The zero-order valence-electron chi connectivity index (χ0n) is 12.2. The third-order valence-corrected chi connectivity index (χ3v) is 4.04. The van der Waals surface area contributed by atoms with Crippen LogP contribution in [-0.2, 0) is 0 Å². The van der Waals surface area contributed by atoms with Gasteiger partial charge in [-0.05, 0) is 49.9 Å². The molecule has 1 unspecified atom stereocenters. The van der Waals surface area contributed by atoms with E-state index in [0.717, 1.165) is 5.92 Å². The molecule has 2 heteroatoms. The fraction of sp³-hybridized carbons (Fsp3) is 0.625. The monoisotopic (exact) mass is 246 g/mol. The van der Waals surface area contributed by atoms with Gasteiger partial charge >= 0.3 is 0 Å². The fourth-order valence-electron chi connectivity index (χ4n) is 2.64. The summed E-state index contributed by atoms with van der Waals surface area (Å²) in [6.07, 6.45) is 5.62. The van der Waals surface area contributed by atoms with Gasteiger partial charge in [0, 0.05) is 31.5 Å². The van der Waals surface area contributed by atoms with Crippen molar-refractivity contribution in [1.82, 2.24) is 0 Å². The van der Waals surface area contributed by atoms with Gasteiger partial charge in [0.15, 0.2) is 0 Å². The van der Waals surface area contributed by atoms with Crippen molar-refractivity contribution in [2.24, 2.45) is 5.92 Å². The van der Waals surface area contributed by atoms with Crippen molar-refractivity contribution in [3.05, 3.63) is 23.8 Å². The van der Waals surface area contributed by atoms with Crippen molar-refractivity contribution in [2.75, 3.05) is 24.3 Å². The van der Waals surface area contributed by atoms with E-state index in [9.17, 15) is 0 Å². The first-order chi connectivity index (χ1) is 8.56. The molecule has 1 aliphatic rings. The van der Waals surface area contributed by atoms with Gasteiger partial charge < -0.3 is 10.2 Å². The predicted molar refractivity (Wildman–Crippen MR) is 80.5 cm³/mol. The summed E-state index contributed by atoms with van der Waals surface area (Å²) in [5.74, 6) is 0.967. The van der Waals surface area contributed by atoms with E-state index < -0.39 is 0 Å². The van der Waals surface area contributed by atoms with E-state index in [1.165, 1.54) is 42.6 Å². The summed E-state index contributed by atoms with van der Waals surface area (Å²) in [7, 11) is 4.17. The highest BCUT2D eigenvalue weighted by Crippen LogP contribution is 2.31. The molecule has 18 heavy (non-hydrogen) atoms. The average Bonchev–Trinajstić information content (AvgIpc) is 2.26. The number of hydrogen-bond donors (Lipinski definition) is 1. The number of nitrogens with zero attached hydrogens (tertiary/aromatic N) is 1. The molecule has 1 fully saturated rings. The van der Waals surface area contributed by atoms with Crippen LogP contribution < -0.4 is 10.2 Å². The Morgan fingerprint density at radius 3 is 2.56 bits per heavy atom. The predicted octanol–water partition coefficient (Wildman–Crippen LogP) is 4.05. The second-order valence-electron chi connectivity index (χ2n) is 5.97. The Labute approximate surface area is 111 Å². The maximum absolute atomic E-state index is 3.66. The molecule has 0 saturated heterocycles. The van der Waals surface area contributed by atoms with Crippen LogP contribution in [0.1, 0.15) is 38.2 Å². The van der Waals surface area contributed by atoms with Crippen LogP contribution in [0.5, 0.6) is 0 Å². The Balaban J connectivity index is 1.95. The summed E-state index contributed by atoms with van der Waals surface area (Å²) < 4.78 is 0. The maximum Gasteiger partial charge on any atom is 0.0373 e. The van der Waals surface area contributed by atoms with Crippen molar-refractivity contribution in [3.63, 3.8) is 0 Å². The average molecular weight is 246 g/mol. The summed E-state index contributed by atoms with van der Waals surface area (Å²) in [6.45, 7) is 4.49. The molecule has 100 valence electrons. The van der Waals surface area contributed by atoms with Gasteiger partial charge in [-0.15, -0.1) is 0 Å². The largest absolute Gasteiger partial charge is 0.382 e. The van der Waals surface area contributed by atoms with E-state index in [1.54, 1.807) is 0 Å². The normalized spacial score (nSPS) is 17.1. The lowest BCUT2D eigenvalue weighted by atomic mass is 9.81. The summed E-state index contributed by atoms with van der Waals surface area (Å²) in [4.78, 5) is 2.15. The minimum Gasteiger partial charge on any atom is -0.382 e. The van der Waals surface area contributed by atoms with E-state index in [0.29, 0.717) is 6.04 Å². The standard InChI is InChI=1S/C16H26N2/c1-12-10-15(18(3)4)8-9-16(12)17-13(2)11-14-6-5-7-14/h8-10,13-14,17H,5-7,11H2,1-4H3. The van der Waals surface area contributed by atoms with Gasteiger partial charge in [-0.2, -0.15) is 0 Å².